The van der Waals surface area contributed by atoms with E-state index in [2.05, 4.69) is 15.9 Å². The number of hydrogen-bond acceptors (Lipinski definition) is 2. The van der Waals surface area contributed by atoms with Gasteiger partial charge in [0.15, 0.2) is 0 Å². The summed E-state index contributed by atoms with van der Waals surface area (Å²) >= 11 is 3.27. The third kappa shape index (κ3) is 1.56. The van der Waals surface area contributed by atoms with Gasteiger partial charge in [0.25, 0.3) is 0 Å². The summed E-state index contributed by atoms with van der Waals surface area (Å²) in [6.45, 7) is 0.359. The molecule has 0 saturated heterocycles. The smallest absolute Gasteiger partial charge is 0.128 e. The molecule has 2 nitrogen and oxygen atoms in total. The van der Waals surface area contributed by atoms with Gasteiger partial charge in [-0.3, -0.25) is 0 Å². The maximum Gasteiger partial charge on any atom is 0.128 e. The molecular weight excluding hydrogens is 239 g/mol. The minimum atomic E-state index is -0.621. The van der Waals surface area contributed by atoms with Crippen LogP contribution in [0.25, 0.3) is 0 Å². The average molecular weight is 247 g/mol. The number of ether oxygens (including phenoxy) is 1. The van der Waals surface area contributed by atoms with Crippen molar-refractivity contribution in [1.82, 2.24) is 0 Å². The topological polar surface area (TPSA) is 29.5 Å². The van der Waals surface area contributed by atoms with Crippen molar-refractivity contribution in [2.75, 3.05) is 6.61 Å². The number of aliphatic hydroxyl groups excluding tert-OH is 1. The maximum absolute atomic E-state index is 12.7. The lowest BCUT2D eigenvalue weighted by Crippen LogP contribution is -2.25. The normalized spacial score (nSPS) is 26.4. The molecule has 1 heterocycles. The molecule has 0 spiro atoms. The summed E-state index contributed by atoms with van der Waals surface area (Å²) in [4.78, 5) is -0.120. The van der Waals surface area contributed by atoms with Gasteiger partial charge in [-0.15, -0.1) is 0 Å². The average Bonchev–Trinajstić information content (AvgIpc) is 2.12. The van der Waals surface area contributed by atoms with Crippen molar-refractivity contribution in [2.24, 2.45) is 0 Å². The zero-order valence-electron chi connectivity index (χ0n) is 6.71. The second-order valence-electron chi connectivity index (χ2n) is 2.95. The van der Waals surface area contributed by atoms with Crippen LogP contribution in [0.15, 0.2) is 18.2 Å². The highest BCUT2D eigenvalue weighted by Gasteiger charge is 2.27. The lowest BCUT2D eigenvalue weighted by atomic mass is 10.0. The second-order valence-corrected chi connectivity index (χ2v) is 4.13. The number of rotatable bonds is 0. The lowest BCUT2D eigenvalue weighted by Gasteiger charge is -2.26. The first kappa shape index (κ1) is 8.97. The first-order valence-corrected chi connectivity index (χ1v) is 4.84. The minimum absolute atomic E-state index is 0.120. The van der Waals surface area contributed by atoms with Gasteiger partial charge in [0, 0.05) is 11.6 Å². The molecule has 0 bridgehead atoms. The highest BCUT2D eigenvalue weighted by atomic mass is 79.9. The van der Waals surface area contributed by atoms with Crippen LogP contribution in [0.3, 0.4) is 0 Å². The first-order chi connectivity index (χ1) is 6.18. The molecule has 2 atom stereocenters. The lowest BCUT2D eigenvalue weighted by molar-refractivity contribution is 0.125. The van der Waals surface area contributed by atoms with E-state index in [1.54, 1.807) is 6.07 Å². The fourth-order valence-corrected chi connectivity index (χ4v) is 1.75. The number of hydrogen-bond donors (Lipinski definition) is 1. The highest BCUT2D eigenvalue weighted by molar-refractivity contribution is 9.09. The Labute approximate surface area is 83.5 Å². The van der Waals surface area contributed by atoms with E-state index < -0.39 is 6.10 Å². The van der Waals surface area contributed by atoms with Crippen LogP contribution in [0.2, 0.25) is 0 Å². The summed E-state index contributed by atoms with van der Waals surface area (Å²) in [7, 11) is 0. The molecular formula is C9H8BrFO2. The van der Waals surface area contributed by atoms with Gasteiger partial charge in [0.1, 0.15) is 18.2 Å². The predicted octanol–water partition coefficient (Wildman–Crippen LogP) is 2.01. The van der Waals surface area contributed by atoms with E-state index in [1.165, 1.54) is 12.1 Å². The van der Waals surface area contributed by atoms with Gasteiger partial charge in [0.05, 0.1) is 10.9 Å². The van der Waals surface area contributed by atoms with Crippen LogP contribution < -0.4 is 4.74 Å². The number of benzene rings is 1. The summed E-state index contributed by atoms with van der Waals surface area (Å²) in [6.07, 6.45) is -0.621. The van der Waals surface area contributed by atoms with E-state index >= 15 is 0 Å². The molecule has 0 aliphatic carbocycles. The minimum Gasteiger partial charge on any atom is -0.492 e. The molecule has 0 saturated carbocycles. The number of fused-ring (bicyclic) bond motifs is 1. The Morgan fingerprint density at radius 1 is 1.54 bits per heavy atom. The van der Waals surface area contributed by atoms with Crippen LogP contribution in [0, 0.1) is 5.82 Å². The van der Waals surface area contributed by atoms with E-state index in [1.807, 2.05) is 0 Å². The Morgan fingerprint density at radius 2 is 2.31 bits per heavy atom. The third-order valence-corrected chi connectivity index (χ3v) is 2.80. The fraction of sp³-hybridized carbons (Fsp3) is 0.333. The molecule has 0 amide bonds. The number of alkyl halides is 1. The van der Waals surface area contributed by atoms with Crippen molar-refractivity contribution >= 4 is 15.9 Å². The largest absolute Gasteiger partial charge is 0.492 e. The number of aliphatic hydroxyl groups is 1. The molecule has 1 aromatic rings. The van der Waals surface area contributed by atoms with E-state index in [9.17, 15) is 9.50 Å². The van der Waals surface area contributed by atoms with Crippen LogP contribution in [0.1, 0.15) is 11.7 Å². The molecule has 0 aromatic heterocycles. The zero-order chi connectivity index (χ0) is 9.42. The van der Waals surface area contributed by atoms with Crippen molar-refractivity contribution in [2.45, 2.75) is 10.9 Å². The van der Waals surface area contributed by atoms with Crippen LogP contribution in [-0.4, -0.2) is 16.5 Å². The van der Waals surface area contributed by atoms with Gasteiger partial charge in [-0.25, -0.2) is 4.39 Å². The third-order valence-electron chi connectivity index (χ3n) is 2.03. The SMILES string of the molecule is OC1c2ccc(F)cc2OCC1Br. The Balaban J connectivity index is 2.44. The summed E-state index contributed by atoms with van der Waals surface area (Å²) < 4.78 is 18.0. The Morgan fingerprint density at radius 3 is 3.08 bits per heavy atom. The van der Waals surface area contributed by atoms with Crippen molar-refractivity contribution in [1.29, 1.82) is 0 Å². The highest BCUT2D eigenvalue weighted by Crippen LogP contribution is 2.35. The summed E-state index contributed by atoms with van der Waals surface area (Å²) in [5, 5.41) is 9.67. The predicted molar refractivity (Wildman–Crippen MR) is 49.6 cm³/mol. The van der Waals surface area contributed by atoms with Crippen LogP contribution in [0.4, 0.5) is 4.39 Å². The quantitative estimate of drug-likeness (QED) is 0.710. The Bertz CT molecular complexity index is 329. The molecule has 13 heavy (non-hydrogen) atoms. The molecule has 0 radical (unpaired) electrons. The van der Waals surface area contributed by atoms with Crippen molar-refractivity contribution < 1.29 is 14.2 Å². The molecule has 0 fully saturated rings. The summed E-state index contributed by atoms with van der Waals surface area (Å²) in [6, 6.07) is 4.15. The molecule has 2 rings (SSSR count). The van der Waals surface area contributed by atoms with Gasteiger partial charge in [0.2, 0.25) is 0 Å². The van der Waals surface area contributed by atoms with Crippen molar-refractivity contribution in [3.8, 4) is 5.75 Å². The molecule has 1 N–H and O–H groups in total. The van der Waals surface area contributed by atoms with E-state index in [0.29, 0.717) is 17.9 Å². The summed E-state index contributed by atoms with van der Waals surface area (Å²) in [5.41, 5.74) is 0.634. The van der Waals surface area contributed by atoms with Crippen LogP contribution in [0.5, 0.6) is 5.75 Å². The van der Waals surface area contributed by atoms with Gasteiger partial charge in [-0.05, 0) is 12.1 Å². The number of halogens is 2. The standard InChI is InChI=1S/C9H8BrFO2/c10-7-4-13-8-3-5(11)1-2-6(8)9(7)12/h1-3,7,9,12H,4H2. The van der Waals surface area contributed by atoms with E-state index in [-0.39, 0.29) is 10.6 Å². The van der Waals surface area contributed by atoms with Crippen molar-refractivity contribution in [3.05, 3.63) is 29.6 Å². The second kappa shape index (κ2) is 3.27. The molecule has 70 valence electrons. The molecule has 2 unspecified atom stereocenters. The summed E-state index contributed by atoms with van der Waals surface area (Å²) in [5.74, 6) is 0.0853. The first-order valence-electron chi connectivity index (χ1n) is 3.93. The van der Waals surface area contributed by atoms with Gasteiger partial charge >= 0.3 is 0 Å². The molecule has 1 aliphatic rings. The Kier molecular flexibility index (Phi) is 2.26. The van der Waals surface area contributed by atoms with Gasteiger partial charge in [-0.2, -0.15) is 0 Å². The van der Waals surface area contributed by atoms with Crippen LogP contribution >= 0.6 is 15.9 Å². The molecule has 1 aromatic carbocycles. The maximum atomic E-state index is 12.7. The van der Waals surface area contributed by atoms with Crippen molar-refractivity contribution in [3.63, 3.8) is 0 Å². The van der Waals surface area contributed by atoms with E-state index in [4.69, 9.17) is 4.74 Å². The molecule has 1 aliphatic heterocycles. The fourth-order valence-electron chi connectivity index (χ4n) is 1.33. The van der Waals surface area contributed by atoms with Gasteiger partial charge in [-0.1, -0.05) is 15.9 Å². The zero-order valence-corrected chi connectivity index (χ0v) is 8.29. The monoisotopic (exact) mass is 246 g/mol. The van der Waals surface area contributed by atoms with E-state index in [0.717, 1.165) is 0 Å². The van der Waals surface area contributed by atoms with Crippen LogP contribution in [-0.2, 0) is 0 Å². The molecule has 4 heteroatoms. The van der Waals surface area contributed by atoms with Gasteiger partial charge < -0.3 is 9.84 Å². The Hall–Kier alpha value is -0.610.